The third-order valence-electron chi connectivity index (χ3n) is 4.38. The molecule has 124 valence electrons. The van der Waals surface area contributed by atoms with Crippen molar-refractivity contribution < 1.29 is 4.79 Å². The highest BCUT2D eigenvalue weighted by atomic mass is 32.1. The van der Waals surface area contributed by atoms with Crippen LogP contribution < -0.4 is 0 Å². The molecular weight excluding hydrogens is 322 g/mol. The summed E-state index contributed by atoms with van der Waals surface area (Å²) < 4.78 is 1.17. The first-order valence-electron chi connectivity index (χ1n) is 8.06. The summed E-state index contributed by atoms with van der Waals surface area (Å²) in [5.41, 5.74) is 0.827. The van der Waals surface area contributed by atoms with Crippen LogP contribution in [-0.4, -0.2) is 57.1 Å². The number of H-pyrrole nitrogens is 1. The van der Waals surface area contributed by atoms with Crippen molar-refractivity contribution in [1.82, 2.24) is 25.0 Å². The number of hydrogen-bond donors (Lipinski definition) is 1. The molecule has 0 bridgehead atoms. The molecule has 1 aromatic carbocycles. The molecule has 7 heteroatoms. The summed E-state index contributed by atoms with van der Waals surface area (Å²) >= 11 is 1.63. The van der Waals surface area contributed by atoms with Gasteiger partial charge in [-0.25, -0.2) is 4.98 Å². The first kappa shape index (κ1) is 15.3. The summed E-state index contributed by atoms with van der Waals surface area (Å²) in [6.45, 7) is 5.81. The first-order valence-corrected chi connectivity index (χ1v) is 8.94. The van der Waals surface area contributed by atoms with Gasteiger partial charge in [0.05, 0.1) is 12.1 Å². The zero-order chi connectivity index (χ0) is 16.5. The van der Waals surface area contributed by atoms with Crippen molar-refractivity contribution in [3.8, 4) is 0 Å². The van der Waals surface area contributed by atoms with E-state index in [1.165, 1.54) is 4.70 Å². The molecule has 1 saturated heterocycles. The molecule has 0 saturated carbocycles. The third kappa shape index (κ3) is 2.92. The maximum absolute atomic E-state index is 12.8. The van der Waals surface area contributed by atoms with Gasteiger partial charge in [-0.3, -0.25) is 14.8 Å². The van der Waals surface area contributed by atoms with Crippen molar-refractivity contribution in [2.24, 2.45) is 0 Å². The number of rotatable bonds is 3. The van der Waals surface area contributed by atoms with E-state index in [9.17, 15) is 4.79 Å². The van der Waals surface area contributed by atoms with Gasteiger partial charge in [0.15, 0.2) is 5.82 Å². The number of thiophene rings is 1. The molecule has 24 heavy (non-hydrogen) atoms. The lowest BCUT2D eigenvalue weighted by Crippen LogP contribution is -2.48. The molecule has 0 radical (unpaired) electrons. The fourth-order valence-electron chi connectivity index (χ4n) is 3.08. The number of carbonyl (C=O) groups is 1. The Kier molecular flexibility index (Phi) is 4.03. The minimum atomic E-state index is 0.140. The van der Waals surface area contributed by atoms with Gasteiger partial charge in [-0.15, -0.1) is 11.3 Å². The van der Waals surface area contributed by atoms with Crippen molar-refractivity contribution in [2.45, 2.75) is 13.5 Å². The molecule has 0 aliphatic carbocycles. The van der Waals surface area contributed by atoms with Gasteiger partial charge >= 0.3 is 0 Å². The Bertz CT molecular complexity index is 863. The zero-order valence-electron chi connectivity index (χ0n) is 13.5. The molecule has 2 aromatic heterocycles. The van der Waals surface area contributed by atoms with Gasteiger partial charge in [0.25, 0.3) is 5.91 Å². The van der Waals surface area contributed by atoms with Crippen molar-refractivity contribution in [2.75, 3.05) is 26.2 Å². The van der Waals surface area contributed by atoms with Gasteiger partial charge in [0.2, 0.25) is 0 Å². The van der Waals surface area contributed by atoms with E-state index < -0.39 is 0 Å². The van der Waals surface area contributed by atoms with E-state index in [2.05, 4.69) is 26.1 Å². The summed E-state index contributed by atoms with van der Waals surface area (Å²) in [7, 11) is 0. The molecule has 1 aliphatic rings. The second kappa shape index (κ2) is 6.33. The standard InChI is InChI=1S/C17H19N5OS/c1-12-18-16(20-19-12)10-21-6-8-22(9-7-21)17(23)14-11-24-15-5-3-2-4-13(14)15/h2-5,11H,6-10H2,1H3,(H,18,19,20). The van der Waals surface area contributed by atoms with Crippen LogP contribution in [0.25, 0.3) is 10.1 Å². The number of amides is 1. The van der Waals surface area contributed by atoms with Gasteiger partial charge in [-0.2, -0.15) is 5.10 Å². The summed E-state index contributed by atoms with van der Waals surface area (Å²) in [6.07, 6.45) is 0. The average Bonchev–Trinajstić information content (AvgIpc) is 3.21. The quantitative estimate of drug-likeness (QED) is 0.794. The highest BCUT2D eigenvalue weighted by molar-refractivity contribution is 7.17. The Morgan fingerprint density at radius 2 is 2.04 bits per heavy atom. The van der Waals surface area contributed by atoms with Gasteiger partial charge in [-0.1, -0.05) is 18.2 Å². The highest BCUT2D eigenvalue weighted by Gasteiger charge is 2.24. The number of carbonyl (C=O) groups excluding carboxylic acids is 1. The number of fused-ring (bicyclic) bond motifs is 1. The molecule has 3 heterocycles. The van der Waals surface area contributed by atoms with E-state index >= 15 is 0 Å². The average molecular weight is 341 g/mol. The Morgan fingerprint density at radius 1 is 1.25 bits per heavy atom. The van der Waals surface area contributed by atoms with Crippen LogP contribution in [0.3, 0.4) is 0 Å². The minimum Gasteiger partial charge on any atom is -0.336 e. The van der Waals surface area contributed by atoms with Crippen LogP contribution in [0, 0.1) is 6.92 Å². The van der Waals surface area contributed by atoms with E-state index in [-0.39, 0.29) is 5.91 Å². The SMILES string of the molecule is Cc1nc(CN2CCN(C(=O)c3csc4ccccc34)CC2)n[nH]1. The van der Waals surface area contributed by atoms with Crippen LogP contribution in [-0.2, 0) is 6.54 Å². The summed E-state index contributed by atoms with van der Waals surface area (Å²) in [6, 6.07) is 8.09. The van der Waals surface area contributed by atoms with Crippen LogP contribution in [0.1, 0.15) is 22.0 Å². The second-order valence-electron chi connectivity index (χ2n) is 6.05. The first-order chi connectivity index (χ1) is 11.7. The Hall–Kier alpha value is -2.25. The monoisotopic (exact) mass is 341 g/mol. The number of aromatic nitrogens is 3. The highest BCUT2D eigenvalue weighted by Crippen LogP contribution is 2.27. The normalized spacial score (nSPS) is 16.0. The predicted molar refractivity (Wildman–Crippen MR) is 94.1 cm³/mol. The predicted octanol–water partition coefficient (Wildman–Crippen LogP) is 2.29. The summed E-state index contributed by atoms with van der Waals surface area (Å²) in [5, 5.41) is 10.1. The number of hydrogen-bond acceptors (Lipinski definition) is 5. The molecule has 6 nitrogen and oxygen atoms in total. The van der Waals surface area contributed by atoms with Gasteiger partial charge in [-0.05, 0) is 13.0 Å². The molecule has 1 N–H and O–H groups in total. The Morgan fingerprint density at radius 3 is 2.79 bits per heavy atom. The smallest absolute Gasteiger partial charge is 0.255 e. The van der Waals surface area contributed by atoms with Gasteiger partial charge < -0.3 is 4.90 Å². The van der Waals surface area contributed by atoms with E-state index in [0.29, 0.717) is 0 Å². The number of benzene rings is 1. The summed E-state index contributed by atoms with van der Waals surface area (Å²) in [5.74, 6) is 1.79. The lowest BCUT2D eigenvalue weighted by atomic mass is 10.1. The molecule has 1 amide bonds. The van der Waals surface area contributed by atoms with E-state index in [4.69, 9.17) is 0 Å². The van der Waals surface area contributed by atoms with Crippen molar-refractivity contribution in [3.05, 3.63) is 46.9 Å². The number of nitrogens with one attached hydrogen (secondary N) is 1. The maximum atomic E-state index is 12.8. The van der Waals surface area contributed by atoms with Crippen molar-refractivity contribution in [3.63, 3.8) is 0 Å². The van der Waals surface area contributed by atoms with Crippen LogP contribution in [0.5, 0.6) is 0 Å². The van der Waals surface area contributed by atoms with Crippen LogP contribution in [0.2, 0.25) is 0 Å². The number of aromatic amines is 1. The molecule has 4 rings (SSSR count). The lowest BCUT2D eigenvalue weighted by Gasteiger charge is -2.34. The largest absolute Gasteiger partial charge is 0.336 e. The third-order valence-corrected chi connectivity index (χ3v) is 5.34. The van der Waals surface area contributed by atoms with Crippen molar-refractivity contribution >= 4 is 27.3 Å². The molecule has 1 aliphatic heterocycles. The van der Waals surface area contributed by atoms with E-state index in [1.54, 1.807) is 11.3 Å². The molecule has 0 spiro atoms. The van der Waals surface area contributed by atoms with E-state index in [1.807, 2.05) is 35.4 Å². The Balaban J connectivity index is 1.41. The number of aryl methyl sites for hydroxylation is 1. The zero-order valence-corrected chi connectivity index (χ0v) is 14.3. The van der Waals surface area contributed by atoms with Crippen molar-refractivity contribution in [1.29, 1.82) is 0 Å². The Labute approximate surface area is 144 Å². The second-order valence-corrected chi connectivity index (χ2v) is 6.96. The van der Waals surface area contributed by atoms with Crippen LogP contribution in [0.4, 0.5) is 0 Å². The lowest BCUT2D eigenvalue weighted by molar-refractivity contribution is 0.0628. The van der Waals surface area contributed by atoms with E-state index in [0.717, 1.165) is 55.3 Å². The van der Waals surface area contributed by atoms with Gasteiger partial charge in [0.1, 0.15) is 5.82 Å². The maximum Gasteiger partial charge on any atom is 0.255 e. The van der Waals surface area contributed by atoms with Crippen LogP contribution >= 0.6 is 11.3 Å². The molecule has 3 aromatic rings. The topological polar surface area (TPSA) is 65.1 Å². The molecule has 0 atom stereocenters. The molecule has 0 unspecified atom stereocenters. The molecular formula is C17H19N5OS. The fourth-order valence-corrected chi connectivity index (χ4v) is 4.02. The van der Waals surface area contributed by atoms with Gasteiger partial charge in [0, 0.05) is 41.6 Å². The summed E-state index contributed by atoms with van der Waals surface area (Å²) in [4.78, 5) is 21.4. The number of nitrogens with zero attached hydrogens (tertiary/aromatic N) is 4. The minimum absolute atomic E-state index is 0.140. The fraction of sp³-hybridized carbons (Fsp3) is 0.353. The molecule has 1 fully saturated rings. The number of piperazine rings is 1. The van der Waals surface area contributed by atoms with Crippen LogP contribution in [0.15, 0.2) is 29.6 Å².